The van der Waals surface area contributed by atoms with Gasteiger partial charge in [0.05, 0.1) is 0 Å². The molecule has 2 unspecified atom stereocenters. The van der Waals surface area contributed by atoms with E-state index < -0.39 is 8.69 Å². The van der Waals surface area contributed by atoms with Gasteiger partial charge >= 0.3 is 8.69 Å². The van der Waals surface area contributed by atoms with E-state index in [1.54, 1.807) is 11.8 Å². The molecule has 58 valence electrons. The van der Waals surface area contributed by atoms with E-state index in [0.29, 0.717) is 0 Å². The molecule has 0 spiro atoms. The molecule has 2 atom stereocenters. The Morgan fingerprint density at radius 1 is 1.90 bits per heavy atom. The molecule has 0 bridgehead atoms. The van der Waals surface area contributed by atoms with Gasteiger partial charge in [0.1, 0.15) is 0 Å². The Balaban J connectivity index is 2.48. The minimum absolute atomic E-state index is 0.347. The highest BCUT2D eigenvalue weighted by atomic mass is 32.2. The zero-order chi connectivity index (χ0) is 7.45. The summed E-state index contributed by atoms with van der Waals surface area (Å²) in [4.78, 5) is 0. The highest BCUT2D eigenvalue weighted by Gasteiger charge is 2.37. The Labute approximate surface area is 66.2 Å². The van der Waals surface area contributed by atoms with Crippen LogP contribution in [0, 0.1) is 0 Å². The fourth-order valence-electron chi connectivity index (χ4n) is 0.940. The van der Waals surface area contributed by atoms with Crippen molar-refractivity contribution >= 4 is 20.4 Å². The maximum atomic E-state index is 10.2. The van der Waals surface area contributed by atoms with Crippen LogP contribution >= 0.6 is 20.4 Å². The Hall–Kier alpha value is 0.370. The van der Waals surface area contributed by atoms with Crippen LogP contribution < -0.4 is 5.32 Å². The third-order valence-corrected chi connectivity index (χ3v) is 3.47. The van der Waals surface area contributed by atoms with Gasteiger partial charge in [-0.25, -0.2) is 0 Å². The van der Waals surface area contributed by atoms with Crippen molar-refractivity contribution < 1.29 is 9.09 Å². The average molecular weight is 180 g/mol. The molecule has 1 saturated heterocycles. The second-order valence-corrected chi connectivity index (χ2v) is 3.79. The lowest BCUT2D eigenvalue weighted by Crippen LogP contribution is -2.36. The van der Waals surface area contributed by atoms with Crippen LogP contribution in [0.15, 0.2) is 0 Å². The normalized spacial score (nSPS) is 33.3. The molecule has 0 saturated carbocycles. The number of hydrogen-bond donors (Lipinski definition) is 1. The smallest absolute Gasteiger partial charge is 0.276 e. The number of thioether (sulfide) groups is 1. The Morgan fingerprint density at radius 2 is 2.70 bits per heavy atom. The summed E-state index contributed by atoms with van der Waals surface area (Å²) in [6.45, 7) is 2.97. The van der Waals surface area contributed by atoms with Crippen LogP contribution in [0.3, 0.4) is 0 Å². The molecule has 10 heavy (non-hydrogen) atoms. The van der Waals surface area contributed by atoms with Crippen LogP contribution in [-0.4, -0.2) is 17.4 Å². The van der Waals surface area contributed by atoms with E-state index in [1.807, 2.05) is 6.92 Å². The van der Waals surface area contributed by atoms with Crippen LogP contribution in [0.4, 0.5) is 0 Å². The third-order valence-electron chi connectivity index (χ3n) is 1.50. The van der Waals surface area contributed by atoms with Crippen LogP contribution in [0.1, 0.15) is 13.3 Å². The van der Waals surface area contributed by atoms with E-state index in [2.05, 4.69) is 5.32 Å². The summed E-state index contributed by atoms with van der Waals surface area (Å²) >= 11 is 1.69. The minimum atomic E-state index is -0.664. The molecule has 1 fully saturated rings. The molecule has 1 aliphatic heterocycles. The molecule has 0 amide bonds. The molecular formula is C5H11NO2PS+. The average Bonchev–Trinajstić information content (AvgIpc) is 2.39. The topological polar surface area (TPSA) is 38.3 Å². The van der Waals surface area contributed by atoms with Crippen molar-refractivity contribution in [3.63, 3.8) is 0 Å². The lowest BCUT2D eigenvalue weighted by molar-refractivity contribution is 0.152. The van der Waals surface area contributed by atoms with Gasteiger partial charge in [-0.3, -0.25) is 5.32 Å². The molecule has 1 N–H and O–H groups in total. The van der Waals surface area contributed by atoms with Gasteiger partial charge in [0.25, 0.3) is 0 Å². The maximum Gasteiger partial charge on any atom is 0.497 e. The van der Waals surface area contributed by atoms with Crippen molar-refractivity contribution in [2.24, 2.45) is 0 Å². The van der Waals surface area contributed by atoms with E-state index in [9.17, 15) is 4.57 Å². The first-order chi connectivity index (χ1) is 4.83. The van der Waals surface area contributed by atoms with E-state index in [-0.39, 0.29) is 5.06 Å². The van der Waals surface area contributed by atoms with E-state index in [0.717, 1.165) is 18.7 Å². The second-order valence-electron chi connectivity index (χ2n) is 2.07. The monoisotopic (exact) mass is 180 g/mol. The van der Waals surface area contributed by atoms with Crippen molar-refractivity contribution in [2.45, 2.75) is 18.4 Å². The number of hydrogen-bond acceptors (Lipinski definition) is 4. The van der Waals surface area contributed by atoms with E-state index in [1.165, 1.54) is 0 Å². The van der Waals surface area contributed by atoms with Crippen molar-refractivity contribution in [3.05, 3.63) is 0 Å². The lowest BCUT2D eigenvalue weighted by Gasteiger charge is -2.17. The second kappa shape index (κ2) is 3.67. The standard InChI is InChI=1S/C5H11NO2PS/c1-2-5(8-9-7)6-3-4-10-5/h6,9H,2-4H2,1H3/q+1. The molecule has 0 aromatic heterocycles. The zero-order valence-corrected chi connectivity index (χ0v) is 7.66. The van der Waals surface area contributed by atoms with Gasteiger partial charge in [0, 0.05) is 18.7 Å². The lowest BCUT2D eigenvalue weighted by atomic mass is 10.4. The zero-order valence-electron chi connectivity index (χ0n) is 5.85. The molecule has 1 rings (SSSR count). The maximum absolute atomic E-state index is 10.2. The third kappa shape index (κ3) is 1.70. The van der Waals surface area contributed by atoms with E-state index in [4.69, 9.17) is 4.52 Å². The molecular weight excluding hydrogens is 169 g/mol. The van der Waals surface area contributed by atoms with Crippen LogP contribution in [0.25, 0.3) is 0 Å². The van der Waals surface area contributed by atoms with Gasteiger partial charge in [-0.05, 0) is 4.57 Å². The first-order valence-corrected chi connectivity index (χ1v) is 5.07. The summed E-state index contributed by atoms with van der Waals surface area (Å²) in [6.07, 6.45) is 0.854. The van der Waals surface area contributed by atoms with Gasteiger partial charge in [0.2, 0.25) is 5.06 Å². The Morgan fingerprint density at radius 3 is 3.10 bits per heavy atom. The summed E-state index contributed by atoms with van der Waals surface area (Å²) in [7, 11) is -0.664. The highest BCUT2D eigenvalue weighted by Crippen LogP contribution is 2.34. The molecule has 0 aromatic rings. The van der Waals surface area contributed by atoms with Gasteiger partial charge in [0.15, 0.2) is 0 Å². The summed E-state index contributed by atoms with van der Waals surface area (Å²) < 4.78 is 15.3. The first-order valence-electron chi connectivity index (χ1n) is 3.27. The predicted octanol–water partition coefficient (Wildman–Crippen LogP) is 1.34. The molecule has 5 heteroatoms. The molecule has 0 aromatic carbocycles. The van der Waals surface area contributed by atoms with Gasteiger partial charge in [-0.1, -0.05) is 6.92 Å². The van der Waals surface area contributed by atoms with Crippen molar-refractivity contribution in [1.82, 2.24) is 5.32 Å². The van der Waals surface area contributed by atoms with Crippen molar-refractivity contribution in [3.8, 4) is 0 Å². The summed E-state index contributed by atoms with van der Waals surface area (Å²) in [5.41, 5.74) is 0. The molecule has 3 nitrogen and oxygen atoms in total. The van der Waals surface area contributed by atoms with Gasteiger partial charge in [-0.15, -0.1) is 16.3 Å². The van der Waals surface area contributed by atoms with Crippen molar-refractivity contribution in [1.29, 1.82) is 0 Å². The molecule has 1 aliphatic rings. The van der Waals surface area contributed by atoms with Gasteiger partial charge < -0.3 is 0 Å². The fraction of sp³-hybridized carbons (Fsp3) is 1.00. The Bertz CT molecular complexity index is 127. The largest absolute Gasteiger partial charge is 0.497 e. The first kappa shape index (κ1) is 8.47. The minimum Gasteiger partial charge on any atom is -0.276 e. The molecule has 0 radical (unpaired) electrons. The molecule has 0 aliphatic carbocycles. The quantitative estimate of drug-likeness (QED) is 0.665. The summed E-state index contributed by atoms with van der Waals surface area (Å²) in [5.74, 6) is 1.04. The summed E-state index contributed by atoms with van der Waals surface area (Å²) in [6, 6.07) is 0. The molecule has 1 heterocycles. The van der Waals surface area contributed by atoms with Crippen molar-refractivity contribution in [2.75, 3.05) is 12.3 Å². The van der Waals surface area contributed by atoms with Gasteiger partial charge in [-0.2, -0.15) is 0 Å². The number of nitrogens with one attached hydrogen (secondary N) is 1. The van der Waals surface area contributed by atoms with E-state index >= 15 is 0 Å². The number of rotatable bonds is 3. The summed E-state index contributed by atoms with van der Waals surface area (Å²) in [5, 5.41) is 2.82. The Kier molecular flexibility index (Phi) is 3.11. The van der Waals surface area contributed by atoms with Crippen LogP contribution in [0.2, 0.25) is 0 Å². The van der Waals surface area contributed by atoms with Crippen LogP contribution in [0.5, 0.6) is 0 Å². The fourth-order valence-corrected chi connectivity index (χ4v) is 2.57. The highest BCUT2D eigenvalue weighted by molar-refractivity contribution is 8.00. The van der Waals surface area contributed by atoms with Crippen LogP contribution in [-0.2, 0) is 9.09 Å². The predicted molar refractivity (Wildman–Crippen MR) is 43.6 cm³/mol. The SMILES string of the molecule is CCC1(O[PH+]=O)NCCS1.